The summed E-state index contributed by atoms with van der Waals surface area (Å²) in [5, 5.41) is 4.81. The quantitative estimate of drug-likeness (QED) is 0.140. The number of aliphatic imine (C=N–C) groups is 1. The lowest BCUT2D eigenvalue weighted by Crippen LogP contribution is -2.43. The number of oxime groups is 1. The lowest BCUT2D eigenvalue weighted by molar-refractivity contribution is -0.683. The Hall–Kier alpha value is -2.23. The second kappa shape index (κ2) is 9.50. The van der Waals surface area contributed by atoms with Crippen molar-refractivity contribution in [3.05, 3.63) is 12.4 Å². The van der Waals surface area contributed by atoms with Crippen LogP contribution < -0.4 is 10.3 Å². The van der Waals surface area contributed by atoms with Crippen LogP contribution in [-0.2, 0) is 14.5 Å². The van der Waals surface area contributed by atoms with Crippen LogP contribution in [0.3, 0.4) is 0 Å². The van der Waals surface area contributed by atoms with Crippen molar-refractivity contribution in [2.24, 2.45) is 10.1 Å². The summed E-state index contributed by atoms with van der Waals surface area (Å²) in [4.78, 5) is 42.4. The molecular weight excluding hydrogens is 464 g/mol. The minimum atomic E-state index is -0.624. The molecule has 12 nitrogen and oxygen atoms in total. The van der Waals surface area contributed by atoms with Gasteiger partial charge in [0.2, 0.25) is 6.21 Å². The summed E-state index contributed by atoms with van der Waals surface area (Å²) in [6.45, 7) is 7.56. The average molecular weight is 488 g/mol. The van der Waals surface area contributed by atoms with Gasteiger partial charge in [0.25, 0.3) is 5.66 Å². The van der Waals surface area contributed by atoms with Crippen molar-refractivity contribution < 1.29 is 23.9 Å². The van der Waals surface area contributed by atoms with Crippen molar-refractivity contribution >= 4 is 64.0 Å². The zero-order valence-corrected chi connectivity index (χ0v) is 20.0. The molecule has 0 radical (unpaired) electrons. The van der Waals surface area contributed by atoms with E-state index in [1.807, 2.05) is 27.7 Å². The number of amides is 1. The third-order valence-corrected chi connectivity index (χ3v) is 7.20. The molecule has 0 atom stereocenters. The number of carbonyl (C=O) groups is 2. The standard InChI is InChI=1S/C16H23N8O4S3/c1-15(2)12(23-8-6-17-13(23)29-15)20-27-11(25)10-19-30-31-22(5)14(26)28-21-24-9-7-18-16(24,3)4/h6-9,19,21H,10H2,1-5H3/q+1. The first kappa shape index (κ1) is 23.4. The summed E-state index contributed by atoms with van der Waals surface area (Å²) in [7, 11) is 3.66. The van der Waals surface area contributed by atoms with E-state index in [1.54, 1.807) is 34.1 Å². The Kier molecular flexibility index (Phi) is 7.18. The third kappa shape index (κ3) is 5.72. The van der Waals surface area contributed by atoms with Crippen LogP contribution in [0.4, 0.5) is 4.79 Å². The maximum absolute atomic E-state index is 12.0. The molecule has 0 aromatic carbocycles. The molecule has 0 fully saturated rings. The van der Waals surface area contributed by atoms with E-state index in [4.69, 9.17) is 9.68 Å². The van der Waals surface area contributed by atoms with Crippen LogP contribution in [0.2, 0.25) is 0 Å². The van der Waals surface area contributed by atoms with Crippen LogP contribution in [0, 0.1) is 0 Å². The normalized spacial score (nSPS) is 19.1. The number of nitrogens with zero attached hydrogens (tertiary/aromatic N) is 6. The third-order valence-electron chi connectivity index (χ3n) is 4.06. The maximum atomic E-state index is 12.0. The van der Waals surface area contributed by atoms with Gasteiger partial charge in [0.1, 0.15) is 6.54 Å². The summed E-state index contributed by atoms with van der Waals surface area (Å²) in [5.74, 6) is 0.0350. The number of nitrogens with one attached hydrogen (secondary N) is 2. The molecule has 31 heavy (non-hydrogen) atoms. The number of hydrogen-bond acceptors (Lipinski definition) is 12. The first-order valence-corrected chi connectivity index (χ1v) is 12.0. The van der Waals surface area contributed by atoms with Crippen LogP contribution in [0.25, 0.3) is 0 Å². The monoisotopic (exact) mass is 487 g/mol. The fourth-order valence-corrected chi connectivity index (χ4v) is 4.73. The molecule has 0 saturated heterocycles. The van der Waals surface area contributed by atoms with Crippen molar-refractivity contribution in [3.63, 3.8) is 0 Å². The van der Waals surface area contributed by atoms with Gasteiger partial charge in [-0.15, -0.1) is 0 Å². The average Bonchev–Trinajstić information content (AvgIpc) is 3.33. The van der Waals surface area contributed by atoms with Gasteiger partial charge in [0.15, 0.2) is 11.0 Å². The number of aromatic nitrogens is 2. The topological polar surface area (TPSA) is 125 Å². The summed E-state index contributed by atoms with van der Waals surface area (Å²) in [6, 6.07) is 0. The molecule has 0 unspecified atom stereocenters. The molecule has 1 aromatic rings. The van der Waals surface area contributed by atoms with Crippen LogP contribution >= 0.6 is 33.7 Å². The van der Waals surface area contributed by atoms with Crippen molar-refractivity contribution in [1.29, 1.82) is 0 Å². The lowest BCUT2D eigenvalue weighted by Gasteiger charge is -2.16. The largest absolute Gasteiger partial charge is 0.448 e. The van der Waals surface area contributed by atoms with E-state index >= 15 is 0 Å². The van der Waals surface area contributed by atoms with E-state index in [-0.39, 0.29) is 11.3 Å². The molecule has 15 heteroatoms. The Morgan fingerprint density at radius 2 is 2.16 bits per heavy atom. The molecule has 2 N–H and O–H groups in total. The maximum Gasteiger partial charge on any atom is 0.448 e. The van der Waals surface area contributed by atoms with Gasteiger partial charge >= 0.3 is 12.1 Å². The summed E-state index contributed by atoms with van der Waals surface area (Å²) in [6.07, 6.45) is 6.09. The smallest absolute Gasteiger partial charge is 0.315 e. The predicted molar refractivity (Wildman–Crippen MR) is 121 cm³/mol. The summed E-state index contributed by atoms with van der Waals surface area (Å²) < 4.78 is 7.04. The second-order valence-corrected chi connectivity index (χ2v) is 11.0. The molecule has 168 valence electrons. The highest BCUT2D eigenvalue weighted by molar-refractivity contribution is 8.75. The Bertz CT molecular complexity index is 943. The molecule has 3 heterocycles. The minimum Gasteiger partial charge on any atom is -0.315 e. The highest BCUT2D eigenvalue weighted by Gasteiger charge is 2.38. The number of hydrazine groups is 1. The number of thioether (sulfide) groups is 1. The molecule has 2 aliphatic heterocycles. The minimum absolute atomic E-state index is 0.103. The highest BCUT2D eigenvalue weighted by atomic mass is 33.1. The lowest BCUT2D eigenvalue weighted by atomic mass is 10.2. The fourth-order valence-electron chi connectivity index (χ4n) is 2.39. The van der Waals surface area contributed by atoms with Crippen LogP contribution in [-0.4, -0.2) is 72.9 Å². The van der Waals surface area contributed by atoms with Crippen molar-refractivity contribution in [1.82, 2.24) is 24.2 Å². The predicted octanol–water partition coefficient (Wildman–Crippen LogP) is 1.66. The molecule has 0 bridgehead atoms. The first-order valence-electron chi connectivity index (χ1n) is 9.06. The number of hydrazone groups is 1. The molecule has 0 spiro atoms. The van der Waals surface area contributed by atoms with Gasteiger partial charge in [-0.25, -0.2) is 28.6 Å². The van der Waals surface area contributed by atoms with E-state index in [0.717, 1.165) is 27.1 Å². The van der Waals surface area contributed by atoms with E-state index < -0.39 is 17.7 Å². The van der Waals surface area contributed by atoms with Crippen molar-refractivity contribution in [3.8, 4) is 0 Å². The Labute approximate surface area is 191 Å². The number of rotatable bonds is 8. The van der Waals surface area contributed by atoms with E-state index in [1.165, 1.54) is 23.1 Å². The molecule has 1 aromatic heterocycles. The zero-order valence-electron chi connectivity index (χ0n) is 17.6. The second-order valence-electron chi connectivity index (χ2n) is 7.30. The number of carbonyl (C=O) groups excluding carboxylic acids is 2. The molecule has 1 amide bonds. The van der Waals surface area contributed by atoms with E-state index in [0.29, 0.717) is 5.84 Å². The van der Waals surface area contributed by atoms with Crippen molar-refractivity contribution in [2.75, 3.05) is 13.6 Å². The van der Waals surface area contributed by atoms with Crippen LogP contribution in [0.5, 0.6) is 0 Å². The highest BCUT2D eigenvalue weighted by Crippen LogP contribution is 2.39. The van der Waals surface area contributed by atoms with Gasteiger partial charge in [-0.2, -0.15) is 0 Å². The van der Waals surface area contributed by atoms with Gasteiger partial charge in [0.05, 0.1) is 11.0 Å². The summed E-state index contributed by atoms with van der Waals surface area (Å²) in [5.41, 5.74) is 1.99. The van der Waals surface area contributed by atoms with Gasteiger partial charge in [-0.05, 0) is 19.4 Å². The Morgan fingerprint density at radius 3 is 2.87 bits per heavy atom. The zero-order chi connectivity index (χ0) is 22.6. The molecule has 0 aliphatic carbocycles. The molecular formula is C16H23N8O4S3+. The summed E-state index contributed by atoms with van der Waals surface area (Å²) >= 11 is 1.54. The van der Waals surface area contributed by atoms with Crippen LogP contribution in [0.1, 0.15) is 27.7 Å². The fraction of sp³-hybridized carbons (Fsp3) is 0.500. The SMILES string of the molecule is CN(SSNCC(=O)ON=C1n2ccnc2SC1(C)C)C(=O)ON[N+]1=CC=NC1(C)C. The molecule has 0 saturated carbocycles. The number of fused-ring (bicyclic) bond motifs is 1. The number of hydrogen-bond donors (Lipinski definition) is 2. The van der Waals surface area contributed by atoms with Crippen LogP contribution in [0.15, 0.2) is 27.7 Å². The Morgan fingerprint density at radius 1 is 1.39 bits per heavy atom. The molecule has 2 aliphatic rings. The Balaban J connectivity index is 1.35. The van der Waals surface area contributed by atoms with E-state index in [2.05, 4.69) is 25.4 Å². The number of imidazole rings is 1. The van der Waals surface area contributed by atoms with E-state index in [9.17, 15) is 9.59 Å². The van der Waals surface area contributed by atoms with Gasteiger partial charge in [-0.1, -0.05) is 21.6 Å². The molecule has 3 rings (SSSR count). The van der Waals surface area contributed by atoms with Crippen molar-refractivity contribution in [2.45, 2.75) is 43.3 Å². The van der Waals surface area contributed by atoms with Gasteiger partial charge < -0.3 is 4.84 Å². The van der Waals surface area contributed by atoms with Gasteiger partial charge in [-0.3, -0.25) is 9.40 Å². The van der Waals surface area contributed by atoms with Gasteiger partial charge in [0, 0.05) is 55.2 Å². The first-order chi connectivity index (χ1) is 14.6.